The number of sulfonamides is 2. The third-order valence-electron chi connectivity index (χ3n) is 5.23. The molecule has 0 atom stereocenters. The van der Waals surface area contributed by atoms with E-state index < -0.39 is 20.0 Å². The summed E-state index contributed by atoms with van der Waals surface area (Å²) in [6.45, 7) is 3.37. The molecule has 0 bridgehead atoms. The van der Waals surface area contributed by atoms with E-state index in [0.29, 0.717) is 36.7 Å². The van der Waals surface area contributed by atoms with Gasteiger partial charge in [-0.2, -0.15) is 9.10 Å². The van der Waals surface area contributed by atoms with Crippen molar-refractivity contribution in [2.24, 2.45) is 0 Å². The Labute approximate surface area is 187 Å². The summed E-state index contributed by atoms with van der Waals surface area (Å²) in [4.78, 5) is 1.44. The molecule has 170 valence electrons. The highest BCUT2D eigenvalue weighted by Crippen LogP contribution is 2.28. The summed E-state index contributed by atoms with van der Waals surface area (Å²) < 4.78 is 55.6. The van der Waals surface area contributed by atoms with Crippen molar-refractivity contribution in [3.05, 3.63) is 48.5 Å². The van der Waals surface area contributed by atoms with Gasteiger partial charge >= 0.3 is 0 Å². The van der Waals surface area contributed by atoms with E-state index >= 15 is 0 Å². The molecule has 0 saturated carbocycles. The van der Waals surface area contributed by atoms with Gasteiger partial charge in [-0.25, -0.2) is 16.8 Å². The summed E-state index contributed by atoms with van der Waals surface area (Å²) in [6, 6.07) is 12.0. The minimum Gasteiger partial charge on any atom is -0.279 e. The second-order valence-electron chi connectivity index (χ2n) is 7.39. The predicted octanol–water partition coefficient (Wildman–Crippen LogP) is 2.34. The van der Waals surface area contributed by atoms with Crippen molar-refractivity contribution >= 4 is 25.7 Å². The van der Waals surface area contributed by atoms with E-state index in [2.05, 4.69) is 20.1 Å². The monoisotopic (exact) mass is 476 g/mol. The minimum absolute atomic E-state index is 0.0462. The minimum atomic E-state index is -3.97. The second kappa shape index (κ2) is 8.96. The maximum Gasteiger partial charge on any atom is 0.261 e. The van der Waals surface area contributed by atoms with Crippen molar-refractivity contribution in [1.29, 1.82) is 0 Å². The highest BCUT2D eigenvalue weighted by atomic mass is 32.2. The second-order valence-corrected chi connectivity index (χ2v) is 11.0. The van der Waals surface area contributed by atoms with E-state index in [0.717, 1.165) is 19.3 Å². The Balaban J connectivity index is 1.59. The average Bonchev–Trinajstić information content (AvgIpc) is 3.29. The lowest BCUT2D eigenvalue weighted by Gasteiger charge is -2.25. The van der Waals surface area contributed by atoms with E-state index in [1.807, 2.05) is 6.92 Å². The Morgan fingerprint density at radius 1 is 0.906 bits per heavy atom. The largest absolute Gasteiger partial charge is 0.279 e. The Morgan fingerprint density at radius 2 is 1.56 bits per heavy atom. The summed E-state index contributed by atoms with van der Waals surface area (Å²) in [7, 11) is -7.60. The number of anilines is 1. The van der Waals surface area contributed by atoms with Crippen LogP contribution in [0.5, 0.6) is 0 Å². The van der Waals surface area contributed by atoms with Gasteiger partial charge in [-0.05, 0) is 61.4 Å². The Kier molecular flexibility index (Phi) is 6.26. The first-order valence-corrected chi connectivity index (χ1v) is 13.2. The average molecular weight is 477 g/mol. The van der Waals surface area contributed by atoms with Gasteiger partial charge in [0, 0.05) is 18.7 Å². The van der Waals surface area contributed by atoms with Crippen LogP contribution in [-0.2, 0) is 26.6 Å². The SMILES string of the molecule is CCn1nnc(-c2ccccc2NS(=O)(=O)c2ccc(S(=O)(=O)N3CCCCC3)cc2)n1. The molecule has 0 radical (unpaired) electrons. The molecule has 1 aliphatic rings. The van der Waals surface area contributed by atoms with E-state index in [-0.39, 0.29) is 9.79 Å². The van der Waals surface area contributed by atoms with Gasteiger partial charge in [-0.15, -0.1) is 10.2 Å². The summed E-state index contributed by atoms with van der Waals surface area (Å²) in [5, 5.41) is 12.1. The first-order valence-electron chi connectivity index (χ1n) is 10.3. The highest BCUT2D eigenvalue weighted by Gasteiger charge is 2.26. The van der Waals surface area contributed by atoms with Crippen molar-refractivity contribution in [2.45, 2.75) is 42.5 Å². The molecule has 12 heteroatoms. The maximum absolute atomic E-state index is 13.0. The number of benzene rings is 2. The van der Waals surface area contributed by atoms with Crippen LogP contribution in [0.1, 0.15) is 26.2 Å². The number of aromatic nitrogens is 4. The molecule has 0 spiro atoms. The summed E-state index contributed by atoms with van der Waals surface area (Å²) in [5.41, 5.74) is 0.785. The summed E-state index contributed by atoms with van der Waals surface area (Å²) in [6.07, 6.45) is 2.67. The molecule has 4 rings (SSSR count). The number of para-hydroxylation sites is 1. The number of aryl methyl sites for hydroxylation is 1. The van der Waals surface area contributed by atoms with Gasteiger partial charge in [0.25, 0.3) is 10.0 Å². The van der Waals surface area contributed by atoms with Crippen LogP contribution in [0.25, 0.3) is 11.4 Å². The topological polar surface area (TPSA) is 127 Å². The molecule has 0 amide bonds. The van der Waals surface area contributed by atoms with Gasteiger partial charge in [-0.3, -0.25) is 4.72 Å². The molecule has 1 aromatic heterocycles. The van der Waals surface area contributed by atoms with Crippen molar-refractivity contribution in [3.63, 3.8) is 0 Å². The molecule has 1 fully saturated rings. The number of nitrogens with one attached hydrogen (secondary N) is 1. The Hall–Kier alpha value is -2.83. The first-order chi connectivity index (χ1) is 15.3. The number of hydrogen-bond acceptors (Lipinski definition) is 7. The molecule has 1 saturated heterocycles. The lowest BCUT2D eigenvalue weighted by Crippen LogP contribution is -2.35. The van der Waals surface area contributed by atoms with Crippen molar-refractivity contribution < 1.29 is 16.8 Å². The quantitative estimate of drug-likeness (QED) is 0.554. The lowest BCUT2D eigenvalue weighted by atomic mass is 10.2. The maximum atomic E-state index is 13.0. The van der Waals surface area contributed by atoms with Crippen LogP contribution < -0.4 is 4.72 Å². The molecule has 2 aromatic carbocycles. The molecular weight excluding hydrogens is 452 g/mol. The van der Waals surface area contributed by atoms with E-state index in [1.54, 1.807) is 24.3 Å². The number of rotatable bonds is 7. The van der Waals surface area contributed by atoms with Gasteiger partial charge in [0.15, 0.2) is 0 Å². The number of nitrogens with zero attached hydrogens (tertiary/aromatic N) is 5. The lowest BCUT2D eigenvalue weighted by molar-refractivity contribution is 0.346. The molecule has 0 aliphatic carbocycles. The van der Waals surface area contributed by atoms with Crippen LogP contribution in [0.15, 0.2) is 58.3 Å². The third-order valence-corrected chi connectivity index (χ3v) is 8.53. The van der Waals surface area contributed by atoms with Crippen LogP contribution in [0.4, 0.5) is 5.69 Å². The van der Waals surface area contributed by atoms with E-state index in [1.165, 1.54) is 33.4 Å². The van der Waals surface area contributed by atoms with Crippen LogP contribution >= 0.6 is 0 Å². The van der Waals surface area contributed by atoms with Crippen LogP contribution in [0, 0.1) is 0 Å². The smallest absolute Gasteiger partial charge is 0.261 e. The third kappa shape index (κ3) is 4.52. The fraction of sp³-hybridized carbons (Fsp3) is 0.350. The summed E-state index contributed by atoms with van der Waals surface area (Å²) in [5.74, 6) is 0.299. The van der Waals surface area contributed by atoms with Gasteiger partial charge in [0.1, 0.15) is 0 Å². The van der Waals surface area contributed by atoms with E-state index in [4.69, 9.17) is 0 Å². The zero-order chi connectivity index (χ0) is 22.8. The van der Waals surface area contributed by atoms with Gasteiger partial charge in [0.05, 0.1) is 22.0 Å². The highest BCUT2D eigenvalue weighted by molar-refractivity contribution is 7.92. The van der Waals surface area contributed by atoms with Gasteiger partial charge in [0.2, 0.25) is 15.8 Å². The number of tetrazole rings is 1. The fourth-order valence-corrected chi connectivity index (χ4v) is 6.10. The Morgan fingerprint density at radius 3 is 2.22 bits per heavy atom. The van der Waals surface area contributed by atoms with Crippen molar-refractivity contribution in [1.82, 2.24) is 24.5 Å². The summed E-state index contributed by atoms with van der Waals surface area (Å²) >= 11 is 0. The standard InChI is InChI=1S/C20H24N6O4S2/c1-2-26-22-20(21-24-26)18-8-4-5-9-19(18)23-31(27,28)16-10-12-17(13-11-16)32(29,30)25-14-6-3-7-15-25/h4-5,8-13,23H,2-3,6-7,14-15H2,1H3. The molecule has 10 nitrogen and oxygen atoms in total. The predicted molar refractivity (Wildman–Crippen MR) is 119 cm³/mol. The van der Waals surface area contributed by atoms with Gasteiger partial charge < -0.3 is 0 Å². The van der Waals surface area contributed by atoms with Crippen LogP contribution in [0.2, 0.25) is 0 Å². The number of piperidine rings is 1. The molecule has 1 aliphatic heterocycles. The number of hydrogen-bond donors (Lipinski definition) is 1. The molecule has 2 heterocycles. The molecule has 32 heavy (non-hydrogen) atoms. The normalized spacial score (nSPS) is 15.5. The van der Waals surface area contributed by atoms with Crippen molar-refractivity contribution in [2.75, 3.05) is 17.8 Å². The molecule has 3 aromatic rings. The fourth-order valence-electron chi connectivity index (χ4n) is 3.50. The zero-order valence-corrected chi connectivity index (χ0v) is 19.2. The first kappa shape index (κ1) is 22.4. The zero-order valence-electron chi connectivity index (χ0n) is 17.5. The molecular formula is C20H24N6O4S2. The Bertz CT molecular complexity index is 1300. The van der Waals surface area contributed by atoms with Crippen molar-refractivity contribution in [3.8, 4) is 11.4 Å². The van der Waals surface area contributed by atoms with E-state index in [9.17, 15) is 16.8 Å². The molecule has 1 N–H and O–H groups in total. The van der Waals surface area contributed by atoms with Gasteiger partial charge in [-0.1, -0.05) is 18.6 Å². The molecule has 0 unspecified atom stereocenters. The van der Waals surface area contributed by atoms with Crippen LogP contribution in [0.3, 0.4) is 0 Å². The van der Waals surface area contributed by atoms with Crippen LogP contribution in [-0.4, -0.2) is 54.4 Å².